The van der Waals surface area contributed by atoms with Crippen LogP contribution >= 0.6 is 0 Å². The number of hydrogen-bond donors (Lipinski definition) is 0. The van der Waals surface area contributed by atoms with Gasteiger partial charge < -0.3 is 14.5 Å². The van der Waals surface area contributed by atoms with E-state index < -0.39 is 16.4 Å². The van der Waals surface area contributed by atoms with Gasteiger partial charge in [-0.2, -0.15) is 0 Å². The molecule has 27 heavy (non-hydrogen) atoms. The van der Waals surface area contributed by atoms with Gasteiger partial charge in [0, 0.05) is 37.3 Å². The maximum absolute atomic E-state index is 13.5. The molecule has 5 nitrogen and oxygen atoms in total. The Labute approximate surface area is 161 Å². The molecule has 146 valence electrons. The summed E-state index contributed by atoms with van der Waals surface area (Å²) in [5, 5.41) is 0. The van der Waals surface area contributed by atoms with Gasteiger partial charge in [-0.15, -0.1) is 0 Å². The molecule has 4 rings (SSSR count). The number of ether oxygens (including phenoxy) is 1. The van der Waals surface area contributed by atoms with Crippen molar-refractivity contribution in [3.05, 3.63) is 29.3 Å². The van der Waals surface area contributed by atoms with Crippen molar-refractivity contribution in [1.82, 2.24) is 4.90 Å². The summed E-state index contributed by atoms with van der Waals surface area (Å²) in [7, 11) is 0. The zero-order valence-electron chi connectivity index (χ0n) is 17.1. The summed E-state index contributed by atoms with van der Waals surface area (Å²) in [5.74, 6) is -0.205. The molecule has 0 spiro atoms. The predicted molar refractivity (Wildman–Crippen MR) is 105 cm³/mol. The molecule has 1 aromatic rings. The zero-order valence-corrected chi connectivity index (χ0v) is 17.1. The van der Waals surface area contributed by atoms with Gasteiger partial charge in [-0.1, -0.05) is 26.0 Å². The van der Waals surface area contributed by atoms with Crippen LogP contribution in [0.4, 0.5) is 5.69 Å². The van der Waals surface area contributed by atoms with Crippen molar-refractivity contribution in [2.45, 2.75) is 53.1 Å². The number of piperazine rings is 1. The Morgan fingerprint density at radius 1 is 1.04 bits per heavy atom. The van der Waals surface area contributed by atoms with Crippen LogP contribution in [0, 0.1) is 24.7 Å². The summed E-state index contributed by atoms with van der Waals surface area (Å²) in [4.78, 5) is 30.2. The van der Waals surface area contributed by atoms with Crippen LogP contribution in [0.5, 0.6) is 0 Å². The summed E-state index contributed by atoms with van der Waals surface area (Å²) in [6, 6.07) is 6.38. The highest BCUT2D eigenvalue weighted by molar-refractivity contribution is 5.96. The second kappa shape index (κ2) is 5.73. The van der Waals surface area contributed by atoms with E-state index in [1.165, 1.54) is 16.8 Å². The Morgan fingerprint density at radius 2 is 1.70 bits per heavy atom. The molecule has 0 radical (unpaired) electrons. The number of fused-ring (bicyclic) bond motifs is 2. The Kier molecular flexibility index (Phi) is 3.89. The summed E-state index contributed by atoms with van der Waals surface area (Å²) >= 11 is 0. The van der Waals surface area contributed by atoms with Gasteiger partial charge in [0.05, 0.1) is 5.41 Å². The molecule has 3 aliphatic rings. The molecule has 0 N–H and O–H groups in total. The highest BCUT2D eigenvalue weighted by atomic mass is 16.6. The van der Waals surface area contributed by atoms with Gasteiger partial charge in [-0.25, -0.2) is 0 Å². The number of rotatable bonds is 2. The van der Waals surface area contributed by atoms with Crippen molar-refractivity contribution in [2.24, 2.45) is 10.8 Å². The number of benzene rings is 1. The van der Waals surface area contributed by atoms with Gasteiger partial charge in [-0.3, -0.25) is 9.59 Å². The van der Waals surface area contributed by atoms with E-state index in [4.69, 9.17) is 4.74 Å². The topological polar surface area (TPSA) is 49.9 Å². The first-order valence-electron chi connectivity index (χ1n) is 9.98. The summed E-state index contributed by atoms with van der Waals surface area (Å²) in [6.07, 6.45) is 1.37. The maximum Gasteiger partial charge on any atom is 0.313 e. The largest absolute Gasteiger partial charge is 0.448 e. The lowest BCUT2D eigenvalue weighted by atomic mass is 9.66. The van der Waals surface area contributed by atoms with Crippen molar-refractivity contribution in [3.8, 4) is 0 Å². The molecule has 1 saturated carbocycles. The minimum absolute atomic E-state index is 0.00249. The Hall–Kier alpha value is -2.04. The molecule has 0 unspecified atom stereocenters. The van der Waals surface area contributed by atoms with Crippen molar-refractivity contribution >= 4 is 17.6 Å². The van der Waals surface area contributed by atoms with Crippen molar-refractivity contribution < 1.29 is 14.3 Å². The summed E-state index contributed by atoms with van der Waals surface area (Å²) in [6.45, 7) is 13.2. The molecule has 2 heterocycles. The first kappa shape index (κ1) is 18.3. The number of carbonyl (C=O) groups excluding carboxylic acids is 2. The smallest absolute Gasteiger partial charge is 0.313 e. The van der Waals surface area contributed by atoms with E-state index in [0.29, 0.717) is 19.5 Å². The van der Waals surface area contributed by atoms with Gasteiger partial charge >= 0.3 is 5.97 Å². The number of nitrogens with zero attached hydrogens (tertiary/aromatic N) is 2. The molecule has 1 amide bonds. The Morgan fingerprint density at radius 3 is 2.26 bits per heavy atom. The lowest BCUT2D eigenvalue weighted by Crippen LogP contribution is -2.59. The molecule has 3 fully saturated rings. The predicted octanol–water partition coefficient (Wildman–Crippen LogP) is 3.07. The molecule has 0 aromatic heterocycles. The first-order valence-corrected chi connectivity index (χ1v) is 9.98. The number of carbonyl (C=O) groups is 2. The molecular weight excluding hydrogens is 340 g/mol. The third-order valence-electron chi connectivity index (χ3n) is 7.91. The van der Waals surface area contributed by atoms with Crippen LogP contribution in [-0.2, 0) is 14.3 Å². The fraction of sp³-hybridized carbons (Fsp3) is 0.636. The van der Waals surface area contributed by atoms with Crippen molar-refractivity contribution in [3.63, 3.8) is 0 Å². The standard InChI is InChI=1S/C22H30N2O3/c1-15-7-6-8-17(16(15)2)23-11-13-24(14-12-23)18(25)22-10-9-21(5,19(26)27-22)20(22,3)4/h6-8H,9-14H2,1-5H3/t21-,22+/m0/s1. The van der Waals surface area contributed by atoms with Gasteiger partial charge in [0.1, 0.15) is 0 Å². The van der Waals surface area contributed by atoms with E-state index >= 15 is 0 Å². The van der Waals surface area contributed by atoms with Gasteiger partial charge in [-0.05, 0) is 50.8 Å². The minimum Gasteiger partial charge on any atom is -0.448 e. The number of hydrogen-bond acceptors (Lipinski definition) is 4. The average molecular weight is 370 g/mol. The average Bonchev–Trinajstić information content (AvgIpc) is 2.94. The van der Waals surface area contributed by atoms with E-state index in [-0.39, 0.29) is 11.9 Å². The van der Waals surface area contributed by atoms with E-state index in [0.717, 1.165) is 19.5 Å². The Balaban J connectivity index is 1.52. The number of esters is 1. The second-order valence-electron chi connectivity index (χ2n) is 9.17. The normalized spacial score (nSPS) is 32.0. The Bertz CT molecular complexity index is 810. The van der Waals surface area contributed by atoms with Crippen LogP contribution in [0.2, 0.25) is 0 Å². The maximum atomic E-state index is 13.5. The van der Waals surface area contributed by atoms with Crippen molar-refractivity contribution in [1.29, 1.82) is 0 Å². The SMILES string of the molecule is Cc1cccc(N2CCN(C(=O)[C@@]34CC[C@@](C)(C(=O)O3)C4(C)C)CC2)c1C. The molecular formula is C22H30N2O3. The van der Waals surface area contributed by atoms with E-state index in [2.05, 4.69) is 36.9 Å². The van der Waals surface area contributed by atoms with Crippen LogP contribution in [-0.4, -0.2) is 48.6 Å². The van der Waals surface area contributed by atoms with Crippen molar-refractivity contribution in [2.75, 3.05) is 31.1 Å². The fourth-order valence-electron chi connectivity index (χ4n) is 5.21. The number of aryl methyl sites for hydroxylation is 1. The summed E-state index contributed by atoms with van der Waals surface area (Å²) in [5.41, 5.74) is 1.83. The fourth-order valence-corrected chi connectivity index (χ4v) is 5.21. The second-order valence-corrected chi connectivity index (χ2v) is 9.17. The highest BCUT2D eigenvalue weighted by Gasteiger charge is 2.76. The van der Waals surface area contributed by atoms with Crippen LogP contribution in [0.15, 0.2) is 18.2 Å². The third kappa shape index (κ3) is 2.23. The quantitative estimate of drug-likeness (QED) is 0.751. The molecule has 1 aliphatic carbocycles. The van der Waals surface area contributed by atoms with E-state index in [1.807, 2.05) is 25.7 Å². The monoisotopic (exact) mass is 370 g/mol. The van der Waals surface area contributed by atoms with Crippen LogP contribution in [0.3, 0.4) is 0 Å². The van der Waals surface area contributed by atoms with Crippen LogP contribution in [0.25, 0.3) is 0 Å². The van der Waals surface area contributed by atoms with Gasteiger partial charge in [0.2, 0.25) is 0 Å². The van der Waals surface area contributed by atoms with E-state index in [1.54, 1.807) is 0 Å². The van der Waals surface area contributed by atoms with E-state index in [9.17, 15) is 9.59 Å². The minimum atomic E-state index is -0.986. The lowest BCUT2D eigenvalue weighted by Gasteiger charge is -2.43. The molecule has 2 aliphatic heterocycles. The number of amides is 1. The molecule has 1 aromatic carbocycles. The summed E-state index contributed by atoms with van der Waals surface area (Å²) < 4.78 is 5.78. The van der Waals surface area contributed by atoms with Gasteiger partial charge in [0.15, 0.2) is 5.60 Å². The number of anilines is 1. The molecule has 2 saturated heterocycles. The molecule has 2 atom stereocenters. The van der Waals surface area contributed by atoms with Crippen LogP contribution in [0.1, 0.15) is 44.7 Å². The molecule has 2 bridgehead atoms. The van der Waals surface area contributed by atoms with Gasteiger partial charge in [0.25, 0.3) is 5.91 Å². The van der Waals surface area contributed by atoms with Crippen LogP contribution < -0.4 is 4.90 Å². The third-order valence-corrected chi connectivity index (χ3v) is 7.91. The first-order chi connectivity index (χ1) is 12.6. The molecule has 5 heteroatoms. The highest BCUT2D eigenvalue weighted by Crippen LogP contribution is 2.66. The zero-order chi connectivity index (χ0) is 19.6. The lowest BCUT2D eigenvalue weighted by molar-refractivity contribution is -0.174.